The van der Waals surface area contributed by atoms with Crippen molar-refractivity contribution >= 4 is 5.78 Å². The summed E-state index contributed by atoms with van der Waals surface area (Å²) in [4.78, 5) is 11.1. The average Bonchev–Trinajstić information content (AvgIpc) is 2.28. The minimum atomic E-state index is -0.0441. The molecule has 1 aliphatic heterocycles. The van der Waals surface area contributed by atoms with Crippen LogP contribution in [0.25, 0.3) is 0 Å². The summed E-state index contributed by atoms with van der Waals surface area (Å²) in [5.41, 5.74) is 0. The van der Waals surface area contributed by atoms with Crippen LogP contribution in [0.5, 0.6) is 0 Å². The van der Waals surface area contributed by atoms with E-state index >= 15 is 0 Å². The van der Waals surface area contributed by atoms with Crippen LogP contribution >= 0.6 is 0 Å². The summed E-state index contributed by atoms with van der Waals surface area (Å²) in [6.45, 7) is 1.10. The van der Waals surface area contributed by atoms with Crippen LogP contribution < -0.4 is 0 Å². The van der Waals surface area contributed by atoms with Crippen molar-refractivity contribution in [3.8, 4) is 0 Å². The van der Waals surface area contributed by atoms with Gasteiger partial charge in [-0.25, -0.2) is 0 Å². The van der Waals surface area contributed by atoms with Crippen LogP contribution in [0.15, 0.2) is 48.0 Å². The second-order valence-corrected chi connectivity index (χ2v) is 2.88. The zero-order chi connectivity index (χ0) is 9.80. The number of carbonyl (C=O) groups excluding carboxylic acids is 1. The number of ketones is 1. The van der Waals surface area contributed by atoms with E-state index in [0.717, 1.165) is 0 Å². The molecule has 0 aromatic carbocycles. The fourth-order valence-electron chi connectivity index (χ4n) is 1.22. The fraction of sp³-hybridized carbons (Fsp3) is 0.182. The highest BCUT2D eigenvalue weighted by Crippen LogP contribution is 2.18. The van der Waals surface area contributed by atoms with Crippen molar-refractivity contribution in [2.45, 2.75) is 0 Å². The van der Waals surface area contributed by atoms with Crippen LogP contribution in [0, 0.1) is 0 Å². The fourth-order valence-corrected chi connectivity index (χ4v) is 1.22. The smallest absolute Gasteiger partial charge is 0.178 e. The minimum Gasteiger partial charge on any atom is -0.486 e. The van der Waals surface area contributed by atoms with Gasteiger partial charge >= 0.3 is 0 Å². The maximum atomic E-state index is 11.1. The highest BCUT2D eigenvalue weighted by molar-refractivity contribution is 5.99. The number of rotatable bonds is 0. The first-order chi connectivity index (χ1) is 6.86. The summed E-state index contributed by atoms with van der Waals surface area (Å²) in [6.07, 6.45) is 9.76. The molecule has 0 aromatic rings. The van der Waals surface area contributed by atoms with Gasteiger partial charge in [0.05, 0.1) is 0 Å². The van der Waals surface area contributed by atoms with Gasteiger partial charge in [-0.1, -0.05) is 12.2 Å². The van der Waals surface area contributed by atoms with Crippen LogP contribution in [0.3, 0.4) is 0 Å². The topological polar surface area (TPSA) is 35.5 Å². The Morgan fingerprint density at radius 3 is 1.93 bits per heavy atom. The molecule has 0 amide bonds. The molecule has 1 fully saturated rings. The molecule has 0 atom stereocenters. The monoisotopic (exact) mass is 190 g/mol. The van der Waals surface area contributed by atoms with Gasteiger partial charge in [-0.15, -0.1) is 0 Å². The quantitative estimate of drug-likeness (QED) is 0.580. The van der Waals surface area contributed by atoms with Gasteiger partial charge in [-0.2, -0.15) is 0 Å². The second-order valence-electron chi connectivity index (χ2n) is 2.88. The maximum absolute atomic E-state index is 11.1. The summed E-state index contributed by atoms with van der Waals surface area (Å²) in [7, 11) is 0. The lowest BCUT2D eigenvalue weighted by Crippen LogP contribution is -2.13. The minimum absolute atomic E-state index is 0.0441. The van der Waals surface area contributed by atoms with Crippen LogP contribution in [-0.4, -0.2) is 19.0 Å². The van der Waals surface area contributed by atoms with E-state index in [9.17, 15) is 4.79 Å². The van der Waals surface area contributed by atoms with E-state index in [1.165, 1.54) is 12.2 Å². The standard InChI is InChI=1S/C11H10O3/c12-9-3-1-5-10-11(6-2-4-9)14-8-7-13-10/h1-6H,7-8H2/b3-1-,4-2?,10-5+,11-6+. The van der Waals surface area contributed by atoms with E-state index in [-0.39, 0.29) is 5.78 Å². The molecular formula is C11H10O3. The molecule has 0 spiro atoms. The number of allylic oxidation sites excluding steroid dienone is 6. The number of ether oxygens (including phenoxy) is 2. The van der Waals surface area contributed by atoms with Gasteiger partial charge in [-0.3, -0.25) is 4.79 Å². The van der Waals surface area contributed by atoms with Gasteiger partial charge in [0.1, 0.15) is 13.2 Å². The van der Waals surface area contributed by atoms with Crippen molar-refractivity contribution in [2.75, 3.05) is 13.2 Å². The first kappa shape index (κ1) is 8.81. The third kappa shape index (κ3) is 1.93. The molecule has 2 aliphatic rings. The van der Waals surface area contributed by atoms with Crippen molar-refractivity contribution in [3.05, 3.63) is 48.0 Å². The maximum Gasteiger partial charge on any atom is 0.178 e. The Morgan fingerprint density at radius 1 is 0.929 bits per heavy atom. The van der Waals surface area contributed by atoms with E-state index in [2.05, 4.69) is 0 Å². The molecule has 1 heterocycles. The van der Waals surface area contributed by atoms with E-state index in [1.54, 1.807) is 24.3 Å². The normalized spacial score (nSPS) is 30.1. The zero-order valence-corrected chi connectivity index (χ0v) is 7.60. The summed E-state index contributed by atoms with van der Waals surface area (Å²) < 4.78 is 10.8. The molecule has 1 saturated heterocycles. The van der Waals surface area contributed by atoms with Crippen molar-refractivity contribution in [1.29, 1.82) is 0 Å². The number of hydrogen-bond donors (Lipinski definition) is 0. The lowest BCUT2D eigenvalue weighted by Gasteiger charge is -2.19. The van der Waals surface area contributed by atoms with Crippen LogP contribution in [0.2, 0.25) is 0 Å². The van der Waals surface area contributed by atoms with Crippen molar-refractivity contribution in [1.82, 2.24) is 0 Å². The molecule has 0 radical (unpaired) electrons. The third-order valence-electron chi connectivity index (χ3n) is 1.86. The first-order valence-corrected chi connectivity index (χ1v) is 4.43. The van der Waals surface area contributed by atoms with E-state index in [0.29, 0.717) is 24.7 Å². The predicted octanol–water partition coefficient (Wildman–Crippen LogP) is 1.50. The van der Waals surface area contributed by atoms with Crippen LogP contribution in [-0.2, 0) is 14.3 Å². The predicted molar refractivity (Wildman–Crippen MR) is 51.4 cm³/mol. The first-order valence-electron chi connectivity index (χ1n) is 4.43. The van der Waals surface area contributed by atoms with Gasteiger partial charge in [0.15, 0.2) is 17.3 Å². The Balaban J connectivity index is 2.33. The summed E-state index contributed by atoms with van der Waals surface area (Å²) >= 11 is 0. The zero-order valence-electron chi connectivity index (χ0n) is 7.60. The molecule has 0 bridgehead atoms. The molecule has 0 saturated carbocycles. The van der Waals surface area contributed by atoms with E-state index < -0.39 is 0 Å². The molecule has 0 aromatic heterocycles. The lowest BCUT2D eigenvalue weighted by atomic mass is 10.3. The molecule has 72 valence electrons. The number of fused-ring (bicyclic) bond motifs is 1. The molecule has 0 N–H and O–H groups in total. The highest BCUT2D eigenvalue weighted by Gasteiger charge is 2.12. The number of hydrogen-bond acceptors (Lipinski definition) is 3. The van der Waals surface area contributed by atoms with Gasteiger partial charge < -0.3 is 9.47 Å². The van der Waals surface area contributed by atoms with Gasteiger partial charge in [0.25, 0.3) is 0 Å². The van der Waals surface area contributed by atoms with Crippen LogP contribution in [0.4, 0.5) is 0 Å². The van der Waals surface area contributed by atoms with Crippen molar-refractivity contribution in [3.63, 3.8) is 0 Å². The third-order valence-corrected chi connectivity index (χ3v) is 1.86. The van der Waals surface area contributed by atoms with Gasteiger partial charge in [0, 0.05) is 0 Å². The Morgan fingerprint density at radius 2 is 1.43 bits per heavy atom. The van der Waals surface area contributed by atoms with E-state index in [4.69, 9.17) is 9.47 Å². The van der Waals surface area contributed by atoms with Crippen molar-refractivity contribution < 1.29 is 14.3 Å². The molecule has 0 unspecified atom stereocenters. The Labute approximate surface area is 82.0 Å². The largest absolute Gasteiger partial charge is 0.486 e. The summed E-state index contributed by atoms with van der Waals surface area (Å²) in [6, 6.07) is 0. The molecule has 2 rings (SSSR count). The summed E-state index contributed by atoms with van der Waals surface area (Å²) in [5.74, 6) is 1.30. The average molecular weight is 190 g/mol. The molecule has 3 nitrogen and oxygen atoms in total. The SMILES string of the molecule is O=C1C=C/C=C2/OCCO/C2=C/C=C\1. The van der Waals surface area contributed by atoms with E-state index in [1.807, 2.05) is 0 Å². The van der Waals surface area contributed by atoms with Gasteiger partial charge in [-0.05, 0) is 24.3 Å². The Bertz CT molecular complexity index is 325. The molecule has 14 heavy (non-hydrogen) atoms. The van der Waals surface area contributed by atoms with Crippen LogP contribution in [0.1, 0.15) is 0 Å². The van der Waals surface area contributed by atoms with Gasteiger partial charge in [0.2, 0.25) is 0 Å². The van der Waals surface area contributed by atoms with Crippen molar-refractivity contribution in [2.24, 2.45) is 0 Å². The lowest BCUT2D eigenvalue weighted by molar-refractivity contribution is -0.110. The summed E-state index contributed by atoms with van der Waals surface area (Å²) in [5, 5.41) is 0. The second kappa shape index (κ2) is 3.96. The Kier molecular flexibility index (Phi) is 2.49. The molecular weight excluding hydrogens is 180 g/mol. The highest BCUT2D eigenvalue weighted by atomic mass is 16.6. The molecule has 3 heteroatoms. The Hall–Kier alpha value is -1.77. The number of carbonyl (C=O) groups is 1. The molecule has 1 aliphatic carbocycles.